The van der Waals surface area contributed by atoms with Crippen LogP contribution in [0, 0.1) is 11.8 Å². The fourth-order valence-electron chi connectivity index (χ4n) is 2.37. The standard InChI is InChI=1S/C15H21Cl2N5O2S/c1-10(2)7-21(8-11(3)4)9-18-25(23,24)15-14(17)19-13-6-5-12(16)20-22(13)15/h5-6,9-11H,7-8H2,1-4H3. The number of halogens is 2. The third-order valence-corrected chi connectivity index (χ3v) is 4.96. The van der Waals surface area contributed by atoms with E-state index in [-0.39, 0.29) is 21.0 Å². The van der Waals surface area contributed by atoms with Crippen LogP contribution >= 0.6 is 23.2 Å². The van der Waals surface area contributed by atoms with Gasteiger partial charge in [0.2, 0.25) is 5.03 Å². The Morgan fingerprint density at radius 1 is 1.20 bits per heavy atom. The summed E-state index contributed by atoms with van der Waals surface area (Å²) < 4.78 is 30.2. The van der Waals surface area contributed by atoms with Gasteiger partial charge < -0.3 is 4.90 Å². The van der Waals surface area contributed by atoms with E-state index in [1.807, 2.05) is 4.90 Å². The summed E-state index contributed by atoms with van der Waals surface area (Å²) in [6.45, 7) is 9.63. The van der Waals surface area contributed by atoms with Crippen LogP contribution in [0.3, 0.4) is 0 Å². The molecule has 0 atom stereocenters. The molecule has 0 amide bonds. The van der Waals surface area contributed by atoms with Crippen LogP contribution in [0.25, 0.3) is 5.65 Å². The van der Waals surface area contributed by atoms with Gasteiger partial charge in [-0.25, -0.2) is 4.98 Å². The van der Waals surface area contributed by atoms with E-state index >= 15 is 0 Å². The maximum absolute atomic E-state index is 12.7. The number of aromatic nitrogens is 3. The smallest absolute Gasteiger partial charge is 0.304 e. The Balaban J connectivity index is 2.41. The van der Waals surface area contributed by atoms with Crippen LogP contribution in [0.15, 0.2) is 21.6 Å². The minimum atomic E-state index is -4.08. The molecular formula is C15H21Cl2N5O2S. The van der Waals surface area contributed by atoms with E-state index in [0.717, 1.165) is 4.52 Å². The Bertz CT molecular complexity index is 867. The molecule has 2 aromatic heterocycles. The van der Waals surface area contributed by atoms with Crippen LogP contribution in [0.4, 0.5) is 0 Å². The van der Waals surface area contributed by atoms with Crippen molar-refractivity contribution in [1.29, 1.82) is 0 Å². The Hall–Kier alpha value is -1.38. The van der Waals surface area contributed by atoms with E-state index in [1.165, 1.54) is 18.5 Å². The summed E-state index contributed by atoms with van der Waals surface area (Å²) in [6.07, 6.45) is 1.34. The van der Waals surface area contributed by atoms with Crippen LogP contribution in [-0.4, -0.2) is 47.3 Å². The number of hydrogen-bond acceptors (Lipinski definition) is 4. The van der Waals surface area contributed by atoms with Crippen LogP contribution in [0.1, 0.15) is 27.7 Å². The van der Waals surface area contributed by atoms with E-state index in [9.17, 15) is 8.42 Å². The lowest BCUT2D eigenvalue weighted by atomic mass is 10.1. The van der Waals surface area contributed by atoms with Crippen molar-refractivity contribution in [2.24, 2.45) is 16.2 Å². The zero-order valence-electron chi connectivity index (χ0n) is 14.5. The third kappa shape index (κ3) is 5.05. The second kappa shape index (κ2) is 7.88. The first kappa shape index (κ1) is 19.9. The molecule has 10 heteroatoms. The van der Waals surface area contributed by atoms with Crippen molar-refractivity contribution in [2.45, 2.75) is 32.7 Å². The van der Waals surface area contributed by atoms with Gasteiger partial charge in [0.15, 0.2) is 10.8 Å². The highest BCUT2D eigenvalue weighted by atomic mass is 35.5. The number of rotatable bonds is 7. The quantitative estimate of drug-likeness (QED) is 0.520. The van der Waals surface area contributed by atoms with Crippen LogP contribution in [0.2, 0.25) is 10.3 Å². The SMILES string of the molecule is CC(C)CN(C=NS(=O)(=O)c1c(Cl)nc2ccc(Cl)nn12)CC(C)C. The molecule has 25 heavy (non-hydrogen) atoms. The molecule has 0 bridgehead atoms. The second-order valence-electron chi connectivity index (χ2n) is 6.57. The highest BCUT2D eigenvalue weighted by Crippen LogP contribution is 2.24. The van der Waals surface area contributed by atoms with Gasteiger partial charge in [-0.1, -0.05) is 50.9 Å². The molecule has 0 aliphatic heterocycles. The molecule has 0 radical (unpaired) electrons. The number of fused-ring (bicyclic) bond motifs is 1. The fourth-order valence-corrected chi connectivity index (χ4v) is 3.93. The summed E-state index contributed by atoms with van der Waals surface area (Å²) in [5, 5.41) is 3.60. The molecule has 2 aromatic rings. The van der Waals surface area contributed by atoms with Crippen LogP contribution < -0.4 is 0 Å². The van der Waals surface area contributed by atoms with Gasteiger partial charge in [0.1, 0.15) is 11.5 Å². The van der Waals surface area contributed by atoms with E-state index < -0.39 is 10.0 Å². The largest absolute Gasteiger partial charge is 0.361 e. The first-order chi connectivity index (χ1) is 11.6. The maximum atomic E-state index is 12.7. The summed E-state index contributed by atoms with van der Waals surface area (Å²) in [7, 11) is -4.08. The molecule has 0 unspecified atom stereocenters. The van der Waals surface area contributed by atoms with Crippen LogP contribution in [0.5, 0.6) is 0 Å². The van der Waals surface area contributed by atoms with Gasteiger partial charge in [-0.15, -0.1) is 4.40 Å². The van der Waals surface area contributed by atoms with Crippen molar-refractivity contribution < 1.29 is 8.42 Å². The monoisotopic (exact) mass is 405 g/mol. The molecule has 2 heterocycles. The van der Waals surface area contributed by atoms with Gasteiger partial charge in [-0.2, -0.15) is 18.0 Å². The lowest BCUT2D eigenvalue weighted by molar-refractivity contribution is 0.336. The Morgan fingerprint density at radius 2 is 1.80 bits per heavy atom. The van der Waals surface area contributed by atoms with Gasteiger partial charge in [0, 0.05) is 13.1 Å². The topological polar surface area (TPSA) is 79.9 Å². The van der Waals surface area contributed by atoms with E-state index in [0.29, 0.717) is 24.9 Å². The molecule has 0 saturated carbocycles. The van der Waals surface area contributed by atoms with Gasteiger partial charge in [0.05, 0.1) is 0 Å². The minimum absolute atomic E-state index is 0.128. The van der Waals surface area contributed by atoms with E-state index in [1.54, 1.807) is 0 Å². The number of nitrogens with zero attached hydrogens (tertiary/aromatic N) is 5. The van der Waals surface area contributed by atoms with Gasteiger partial charge in [0.25, 0.3) is 0 Å². The van der Waals surface area contributed by atoms with Crippen molar-refractivity contribution in [3.05, 3.63) is 22.4 Å². The van der Waals surface area contributed by atoms with Crippen LogP contribution in [-0.2, 0) is 10.0 Å². The number of imidazole rings is 1. The van der Waals surface area contributed by atoms with Gasteiger partial charge >= 0.3 is 10.0 Å². The van der Waals surface area contributed by atoms with Gasteiger partial charge in [-0.3, -0.25) is 0 Å². The molecule has 0 aliphatic rings. The summed E-state index contributed by atoms with van der Waals surface area (Å²) in [5.74, 6) is 0.737. The summed E-state index contributed by atoms with van der Waals surface area (Å²) in [6, 6.07) is 3.04. The highest BCUT2D eigenvalue weighted by molar-refractivity contribution is 7.90. The Kier molecular flexibility index (Phi) is 6.29. The Morgan fingerprint density at radius 3 is 2.36 bits per heavy atom. The molecule has 0 N–H and O–H groups in total. The predicted octanol–water partition coefficient (Wildman–Crippen LogP) is 3.37. The average Bonchev–Trinajstić information content (AvgIpc) is 2.79. The lowest BCUT2D eigenvalue weighted by Gasteiger charge is -2.23. The van der Waals surface area contributed by atoms with Crippen molar-refractivity contribution in [1.82, 2.24) is 19.5 Å². The van der Waals surface area contributed by atoms with E-state index in [4.69, 9.17) is 23.2 Å². The lowest BCUT2D eigenvalue weighted by Crippen LogP contribution is -2.30. The third-order valence-electron chi connectivity index (χ3n) is 3.16. The van der Waals surface area contributed by atoms with Crippen molar-refractivity contribution in [3.8, 4) is 0 Å². The normalized spacial score (nSPS) is 12.8. The molecule has 0 aromatic carbocycles. The molecule has 0 saturated heterocycles. The molecule has 7 nitrogen and oxygen atoms in total. The average molecular weight is 406 g/mol. The number of hydrogen-bond donors (Lipinski definition) is 0. The highest BCUT2D eigenvalue weighted by Gasteiger charge is 2.25. The van der Waals surface area contributed by atoms with Gasteiger partial charge in [-0.05, 0) is 24.0 Å². The first-order valence-electron chi connectivity index (χ1n) is 7.85. The molecule has 2 rings (SSSR count). The van der Waals surface area contributed by atoms with Crippen molar-refractivity contribution in [2.75, 3.05) is 13.1 Å². The maximum Gasteiger partial charge on any atom is 0.304 e. The zero-order valence-corrected chi connectivity index (χ0v) is 16.8. The minimum Gasteiger partial charge on any atom is -0.361 e. The Labute approximate surface area is 157 Å². The number of sulfonamides is 1. The first-order valence-corrected chi connectivity index (χ1v) is 10.0. The molecular weight excluding hydrogens is 385 g/mol. The van der Waals surface area contributed by atoms with Crippen molar-refractivity contribution in [3.63, 3.8) is 0 Å². The molecule has 0 fully saturated rings. The van der Waals surface area contributed by atoms with E-state index in [2.05, 4.69) is 42.2 Å². The zero-order chi connectivity index (χ0) is 18.8. The summed E-state index contributed by atoms with van der Waals surface area (Å²) in [4.78, 5) is 5.86. The molecule has 0 aliphatic carbocycles. The predicted molar refractivity (Wildman–Crippen MR) is 99.9 cm³/mol. The molecule has 138 valence electrons. The second-order valence-corrected chi connectivity index (χ2v) is 8.86. The summed E-state index contributed by atoms with van der Waals surface area (Å²) in [5.41, 5.74) is 0.282. The molecule has 0 spiro atoms. The fraction of sp³-hybridized carbons (Fsp3) is 0.533. The summed E-state index contributed by atoms with van der Waals surface area (Å²) >= 11 is 11.9. The van der Waals surface area contributed by atoms with Crippen molar-refractivity contribution >= 4 is 45.2 Å².